The number of hydrogen-bond donors (Lipinski definition) is 1. The van der Waals surface area contributed by atoms with Crippen LogP contribution in [0.4, 0.5) is 0 Å². The number of hydrazine groups is 1. The van der Waals surface area contributed by atoms with Gasteiger partial charge in [-0.05, 0) is 12.8 Å². The summed E-state index contributed by atoms with van der Waals surface area (Å²) in [6.07, 6.45) is 2.02. The molecule has 0 rings (SSSR count). The van der Waals surface area contributed by atoms with E-state index in [0.29, 0.717) is 0 Å². The quantitative estimate of drug-likeness (QED) is 0.459. The zero-order valence-corrected chi connectivity index (χ0v) is 6.35. The topological polar surface area (TPSA) is 29.3 Å². The Hall–Kier alpha value is -0.500. The van der Waals surface area contributed by atoms with Crippen molar-refractivity contribution in [1.82, 2.24) is 5.01 Å². The lowest BCUT2D eigenvalue weighted by molar-refractivity contribution is 0.351. The van der Waals surface area contributed by atoms with Crippen LogP contribution in [0.5, 0.6) is 0 Å². The molecular formula is C7H16N2. The molecule has 0 aliphatic heterocycles. The van der Waals surface area contributed by atoms with Gasteiger partial charge in [-0.25, -0.2) is 5.84 Å². The third-order valence-electron chi connectivity index (χ3n) is 1.28. The molecule has 0 bridgehead atoms. The van der Waals surface area contributed by atoms with Crippen LogP contribution in [0.2, 0.25) is 0 Å². The minimum Gasteiger partial charge on any atom is -0.316 e. The summed E-state index contributed by atoms with van der Waals surface area (Å²) in [7, 11) is 0. The number of allylic oxidation sites excluding steroid dienone is 1. The first kappa shape index (κ1) is 8.50. The molecule has 0 aliphatic rings. The maximum Gasteiger partial charge on any atom is 0.0335 e. The molecule has 0 unspecified atom stereocenters. The van der Waals surface area contributed by atoms with Gasteiger partial charge in [0.2, 0.25) is 0 Å². The Morgan fingerprint density at radius 3 is 2.44 bits per heavy atom. The highest BCUT2D eigenvalue weighted by atomic mass is 15.4. The first-order chi connectivity index (χ1) is 4.22. The Morgan fingerprint density at radius 1 is 1.56 bits per heavy atom. The normalized spacial score (nSPS) is 9.22. The van der Waals surface area contributed by atoms with Crippen molar-refractivity contribution in [3.8, 4) is 0 Å². The van der Waals surface area contributed by atoms with Gasteiger partial charge in [-0.15, -0.1) is 0 Å². The van der Waals surface area contributed by atoms with Gasteiger partial charge >= 0.3 is 0 Å². The predicted molar refractivity (Wildman–Crippen MR) is 40.6 cm³/mol. The molecule has 0 atom stereocenters. The third-order valence-corrected chi connectivity index (χ3v) is 1.28. The Bertz CT molecular complexity index is 88.9. The summed E-state index contributed by atoms with van der Waals surface area (Å²) in [5.41, 5.74) is 1.01. The van der Waals surface area contributed by atoms with E-state index < -0.39 is 0 Å². The van der Waals surface area contributed by atoms with Crippen molar-refractivity contribution >= 4 is 0 Å². The largest absolute Gasteiger partial charge is 0.316 e. The summed E-state index contributed by atoms with van der Waals surface area (Å²) in [6.45, 7) is 8.86. The molecule has 0 aliphatic carbocycles. The van der Waals surface area contributed by atoms with Gasteiger partial charge in [0.25, 0.3) is 0 Å². The third kappa shape index (κ3) is 3.14. The van der Waals surface area contributed by atoms with Crippen LogP contribution in [-0.2, 0) is 0 Å². The molecule has 0 spiro atoms. The molecule has 2 nitrogen and oxygen atoms in total. The van der Waals surface area contributed by atoms with Crippen molar-refractivity contribution in [3.63, 3.8) is 0 Å². The summed E-state index contributed by atoms with van der Waals surface area (Å²) < 4.78 is 0. The summed E-state index contributed by atoms with van der Waals surface area (Å²) in [5, 5.41) is 1.71. The minimum atomic E-state index is 0.909. The maximum atomic E-state index is 5.57. The molecule has 54 valence electrons. The average Bonchev–Trinajstić information content (AvgIpc) is 1.87. The number of hydrogen-bond acceptors (Lipinski definition) is 2. The van der Waals surface area contributed by atoms with Gasteiger partial charge < -0.3 is 5.01 Å². The Morgan fingerprint density at radius 2 is 2.11 bits per heavy atom. The van der Waals surface area contributed by atoms with E-state index in [0.717, 1.165) is 25.1 Å². The fourth-order valence-corrected chi connectivity index (χ4v) is 0.602. The van der Waals surface area contributed by atoms with E-state index in [1.54, 1.807) is 5.01 Å². The molecule has 9 heavy (non-hydrogen) atoms. The van der Waals surface area contributed by atoms with E-state index in [2.05, 4.69) is 20.4 Å². The van der Waals surface area contributed by atoms with E-state index in [1.807, 2.05) is 0 Å². The van der Waals surface area contributed by atoms with E-state index in [-0.39, 0.29) is 0 Å². The van der Waals surface area contributed by atoms with Crippen LogP contribution in [-0.4, -0.2) is 11.6 Å². The SMILES string of the molecule is C=C(CC)N(N)CCC. The van der Waals surface area contributed by atoms with Crippen molar-refractivity contribution < 1.29 is 0 Å². The highest BCUT2D eigenvalue weighted by Crippen LogP contribution is 1.99. The maximum absolute atomic E-state index is 5.57. The van der Waals surface area contributed by atoms with Gasteiger partial charge in [0.05, 0.1) is 0 Å². The highest BCUT2D eigenvalue weighted by molar-refractivity contribution is 4.88. The number of rotatable bonds is 4. The molecule has 0 saturated heterocycles. The molecule has 2 N–H and O–H groups in total. The lowest BCUT2D eigenvalue weighted by Crippen LogP contribution is -2.30. The molecule has 0 fully saturated rings. The van der Waals surface area contributed by atoms with E-state index >= 15 is 0 Å². The van der Waals surface area contributed by atoms with Crippen LogP contribution >= 0.6 is 0 Å². The standard InChI is InChI=1S/C7H16N2/c1-4-6-9(8)7(3)5-2/h3-6,8H2,1-2H3. The summed E-state index contributed by atoms with van der Waals surface area (Å²) in [5.74, 6) is 5.57. The van der Waals surface area contributed by atoms with Crippen molar-refractivity contribution in [2.45, 2.75) is 26.7 Å². The summed E-state index contributed by atoms with van der Waals surface area (Å²) in [4.78, 5) is 0. The van der Waals surface area contributed by atoms with Crippen molar-refractivity contribution in [3.05, 3.63) is 12.3 Å². The van der Waals surface area contributed by atoms with E-state index in [1.165, 1.54) is 0 Å². The monoisotopic (exact) mass is 128 g/mol. The fraction of sp³-hybridized carbons (Fsp3) is 0.714. The number of nitrogens with zero attached hydrogens (tertiary/aromatic N) is 1. The zero-order chi connectivity index (χ0) is 7.28. The van der Waals surface area contributed by atoms with Gasteiger partial charge in [0.1, 0.15) is 0 Å². The van der Waals surface area contributed by atoms with Crippen LogP contribution in [0.3, 0.4) is 0 Å². The molecule has 0 aromatic rings. The molecule has 0 aromatic heterocycles. The lowest BCUT2D eigenvalue weighted by atomic mass is 10.3. The van der Waals surface area contributed by atoms with Gasteiger partial charge in [-0.2, -0.15) is 0 Å². The second-order valence-corrected chi connectivity index (χ2v) is 2.11. The van der Waals surface area contributed by atoms with Crippen LogP contribution in [0.25, 0.3) is 0 Å². The Kier molecular flexibility index (Phi) is 4.14. The van der Waals surface area contributed by atoms with Gasteiger partial charge in [-0.1, -0.05) is 20.4 Å². The first-order valence-electron chi connectivity index (χ1n) is 3.42. The lowest BCUT2D eigenvalue weighted by Gasteiger charge is -2.18. The molecule has 2 heteroatoms. The van der Waals surface area contributed by atoms with Gasteiger partial charge in [0, 0.05) is 12.2 Å². The minimum absolute atomic E-state index is 0.909. The van der Waals surface area contributed by atoms with Crippen LogP contribution < -0.4 is 5.84 Å². The summed E-state index contributed by atoms with van der Waals surface area (Å²) in [6, 6.07) is 0. The van der Waals surface area contributed by atoms with Crippen molar-refractivity contribution in [2.75, 3.05) is 6.54 Å². The molecule has 0 aromatic carbocycles. The van der Waals surface area contributed by atoms with Crippen LogP contribution in [0.15, 0.2) is 12.3 Å². The molecule has 0 heterocycles. The first-order valence-corrected chi connectivity index (χ1v) is 3.42. The molecule has 0 radical (unpaired) electrons. The fourth-order valence-electron chi connectivity index (χ4n) is 0.602. The van der Waals surface area contributed by atoms with Crippen molar-refractivity contribution in [2.24, 2.45) is 5.84 Å². The predicted octanol–water partition coefficient (Wildman–Crippen LogP) is 1.50. The second kappa shape index (κ2) is 4.39. The molecular weight excluding hydrogens is 112 g/mol. The van der Waals surface area contributed by atoms with Crippen LogP contribution in [0.1, 0.15) is 26.7 Å². The van der Waals surface area contributed by atoms with E-state index in [9.17, 15) is 0 Å². The Balaban J connectivity index is 3.45. The van der Waals surface area contributed by atoms with Crippen molar-refractivity contribution in [1.29, 1.82) is 0 Å². The number of nitrogens with two attached hydrogens (primary N) is 1. The average molecular weight is 128 g/mol. The Labute approximate surface area is 57.3 Å². The summed E-state index contributed by atoms with van der Waals surface area (Å²) >= 11 is 0. The van der Waals surface area contributed by atoms with Gasteiger partial charge in [-0.3, -0.25) is 0 Å². The highest BCUT2D eigenvalue weighted by Gasteiger charge is 1.95. The molecule has 0 saturated carbocycles. The zero-order valence-electron chi connectivity index (χ0n) is 6.35. The smallest absolute Gasteiger partial charge is 0.0335 e. The van der Waals surface area contributed by atoms with Crippen LogP contribution in [0, 0.1) is 0 Å². The van der Waals surface area contributed by atoms with Gasteiger partial charge in [0.15, 0.2) is 0 Å². The van der Waals surface area contributed by atoms with E-state index in [4.69, 9.17) is 5.84 Å². The second-order valence-electron chi connectivity index (χ2n) is 2.11. The molecule has 0 amide bonds.